The lowest BCUT2D eigenvalue weighted by Gasteiger charge is -2.18. The van der Waals surface area contributed by atoms with Crippen LogP contribution in [0.1, 0.15) is 245 Å². The number of hydrogen-bond donors (Lipinski definition) is 0. The first kappa shape index (κ1) is 64.1. The molecule has 0 rings (SSSR count). The molecule has 1 unspecified atom stereocenters. The van der Waals surface area contributed by atoms with E-state index in [1.54, 1.807) is 0 Å². The lowest BCUT2D eigenvalue weighted by atomic mass is 10.0. The summed E-state index contributed by atoms with van der Waals surface area (Å²) in [6, 6.07) is 0. The van der Waals surface area contributed by atoms with Gasteiger partial charge in [-0.25, -0.2) is 0 Å². The molecule has 6 heteroatoms. The third-order valence-electron chi connectivity index (χ3n) is 11.6. The highest BCUT2D eigenvalue weighted by Crippen LogP contribution is 2.15. The van der Waals surface area contributed by atoms with E-state index < -0.39 is 6.10 Å². The van der Waals surface area contributed by atoms with Gasteiger partial charge >= 0.3 is 17.9 Å². The molecule has 0 spiro atoms. The molecule has 0 bridgehead atoms. The van der Waals surface area contributed by atoms with Gasteiger partial charge in [0.25, 0.3) is 0 Å². The molecule has 0 aromatic rings. The maximum Gasteiger partial charge on any atom is 0.306 e. The standard InChI is InChI=1S/C62H102O6/c1-4-7-10-13-16-19-22-25-28-31-32-35-37-40-43-46-49-52-55-61(64)67-58-59(68-62(65)56-53-50-47-44-41-38-34-30-27-24-21-18-15-12-9-6-3)57-66-60(63)54-51-48-45-42-39-36-33-29-26-23-20-17-14-11-8-5-2/h9-10,12-13,16,18-19,21-22,25,27-28,30-32,35,38,41,59H,4-8,11,14-15,17,20,23-24,26,29,33-34,36-37,39-40,42-58H2,1-3H3/b12-9-,13-10-,19-16-,21-18-,25-22-,30-27-,31-28-,35-32-,41-38-. The number of hydrogen-bond acceptors (Lipinski definition) is 6. The van der Waals surface area contributed by atoms with Crippen LogP contribution in [0.25, 0.3) is 0 Å². The Hall–Kier alpha value is -3.93. The summed E-state index contributed by atoms with van der Waals surface area (Å²) < 4.78 is 16.8. The van der Waals surface area contributed by atoms with Gasteiger partial charge in [-0.2, -0.15) is 0 Å². The Labute approximate surface area is 419 Å². The van der Waals surface area contributed by atoms with Crippen LogP contribution in [0.2, 0.25) is 0 Å². The largest absolute Gasteiger partial charge is 0.462 e. The van der Waals surface area contributed by atoms with Crippen molar-refractivity contribution in [3.8, 4) is 0 Å². The number of allylic oxidation sites excluding steroid dienone is 18. The molecule has 0 aliphatic heterocycles. The first-order valence-corrected chi connectivity index (χ1v) is 28.0. The molecule has 386 valence electrons. The summed E-state index contributed by atoms with van der Waals surface area (Å²) in [6.07, 6.45) is 74.9. The highest BCUT2D eigenvalue weighted by Gasteiger charge is 2.19. The highest BCUT2D eigenvalue weighted by atomic mass is 16.6. The minimum atomic E-state index is -0.806. The quantitative estimate of drug-likeness (QED) is 0.0199. The van der Waals surface area contributed by atoms with E-state index in [4.69, 9.17) is 14.2 Å². The number of unbranched alkanes of at least 4 members (excludes halogenated alkanes) is 24. The Kier molecular flexibility index (Phi) is 52.4. The molecule has 6 nitrogen and oxygen atoms in total. The molecular formula is C62H102O6. The van der Waals surface area contributed by atoms with E-state index in [0.29, 0.717) is 12.8 Å². The molecule has 0 amide bonds. The van der Waals surface area contributed by atoms with Crippen LogP contribution in [-0.2, 0) is 28.6 Å². The number of carbonyl (C=O) groups is 3. The van der Waals surface area contributed by atoms with Gasteiger partial charge in [-0.15, -0.1) is 0 Å². The summed E-state index contributed by atoms with van der Waals surface area (Å²) in [6.45, 7) is 6.40. The number of carbonyl (C=O) groups excluding carboxylic acids is 3. The first-order chi connectivity index (χ1) is 33.5. The smallest absolute Gasteiger partial charge is 0.306 e. The number of esters is 3. The van der Waals surface area contributed by atoms with Gasteiger partial charge in [0.05, 0.1) is 0 Å². The maximum absolute atomic E-state index is 12.8. The molecular weight excluding hydrogens is 841 g/mol. The fourth-order valence-electron chi connectivity index (χ4n) is 7.46. The summed E-state index contributed by atoms with van der Waals surface area (Å²) >= 11 is 0. The predicted octanol–water partition coefficient (Wildman–Crippen LogP) is 18.7. The van der Waals surface area contributed by atoms with Crippen LogP contribution in [0, 0.1) is 0 Å². The van der Waals surface area contributed by atoms with Crippen molar-refractivity contribution >= 4 is 17.9 Å². The molecule has 68 heavy (non-hydrogen) atoms. The molecule has 0 saturated carbocycles. The van der Waals surface area contributed by atoms with Gasteiger partial charge < -0.3 is 14.2 Å². The average molecular weight is 943 g/mol. The summed E-state index contributed by atoms with van der Waals surface area (Å²) in [4.78, 5) is 38.1. The van der Waals surface area contributed by atoms with Gasteiger partial charge in [-0.3, -0.25) is 14.4 Å². The second-order valence-corrected chi connectivity index (χ2v) is 18.2. The van der Waals surface area contributed by atoms with Gasteiger partial charge in [-0.05, 0) is 77.0 Å². The van der Waals surface area contributed by atoms with Crippen molar-refractivity contribution in [2.24, 2.45) is 0 Å². The number of rotatable bonds is 49. The molecule has 0 heterocycles. The van der Waals surface area contributed by atoms with Crippen molar-refractivity contribution in [3.63, 3.8) is 0 Å². The summed E-state index contributed by atoms with van der Waals surface area (Å²) in [5.74, 6) is -0.955. The van der Waals surface area contributed by atoms with Crippen molar-refractivity contribution in [2.75, 3.05) is 13.2 Å². The van der Waals surface area contributed by atoms with E-state index in [1.807, 2.05) is 24.3 Å². The van der Waals surface area contributed by atoms with E-state index >= 15 is 0 Å². The summed E-state index contributed by atoms with van der Waals surface area (Å²) in [5.41, 5.74) is 0. The van der Waals surface area contributed by atoms with E-state index in [2.05, 4.69) is 106 Å². The summed E-state index contributed by atoms with van der Waals surface area (Å²) in [7, 11) is 0. The maximum atomic E-state index is 12.8. The second-order valence-electron chi connectivity index (χ2n) is 18.2. The molecule has 1 atom stereocenters. The minimum absolute atomic E-state index is 0.0994. The molecule has 0 aromatic carbocycles. The molecule has 0 fully saturated rings. The van der Waals surface area contributed by atoms with Gasteiger partial charge in [0.15, 0.2) is 6.10 Å². The Bertz CT molecular complexity index is 1410. The normalized spacial score (nSPS) is 12.9. The van der Waals surface area contributed by atoms with Crippen LogP contribution in [0.3, 0.4) is 0 Å². The van der Waals surface area contributed by atoms with Gasteiger partial charge in [-0.1, -0.05) is 259 Å². The SMILES string of the molecule is CC/C=C\C/C=C\C/C=C\C/C=C\CCCCCC(=O)OC(COC(=O)CCCCCCC\C=C/C=C\C=C/C=C\C=C/CCC)COC(=O)CCCCCCCCCCCCCCCCCC. The first-order valence-electron chi connectivity index (χ1n) is 28.0. The average Bonchev–Trinajstić information content (AvgIpc) is 3.34. The van der Waals surface area contributed by atoms with Crippen molar-refractivity contribution in [3.05, 3.63) is 109 Å². The zero-order valence-electron chi connectivity index (χ0n) is 44.1. The molecule has 0 aliphatic rings. The van der Waals surface area contributed by atoms with Crippen LogP contribution in [-0.4, -0.2) is 37.2 Å². The third kappa shape index (κ3) is 53.0. The molecule has 0 radical (unpaired) electrons. The minimum Gasteiger partial charge on any atom is -0.462 e. The summed E-state index contributed by atoms with van der Waals surface area (Å²) in [5, 5.41) is 0. The van der Waals surface area contributed by atoms with Gasteiger partial charge in [0.2, 0.25) is 0 Å². The lowest BCUT2D eigenvalue weighted by molar-refractivity contribution is -0.167. The number of ether oxygens (including phenoxy) is 3. The van der Waals surface area contributed by atoms with Gasteiger partial charge in [0, 0.05) is 19.3 Å². The van der Waals surface area contributed by atoms with Crippen LogP contribution in [0.4, 0.5) is 0 Å². The van der Waals surface area contributed by atoms with Gasteiger partial charge in [0.1, 0.15) is 13.2 Å². The zero-order chi connectivity index (χ0) is 49.3. The van der Waals surface area contributed by atoms with Crippen LogP contribution < -0.4 is 0 Å². The van der Waals surface area contributed by atoms with E-state index in [1.165, 1.54) is 89.9 Å². The van der Waals surface area contributed by atoms with Crippen molar-refractivity contribution in [1.29, 1.82) is 0 Å². The molecule has 0 aromatic heterocycles. The predicted molar refractivity (Wildman–Crippen MR) is 293 cm³/mol. The Morgan fingerprint density at radius 3 is 1.10 bits per heavy atom. The fraction of sp³-hybridized carbons (Fsp3) is 0.661. The zero-order valence-corrected chi connectivity index (χ0v) is 44.1. The third-order valence-corrected chi connectivity index (χ3v) is 11.6. The van der Waals surface area contributed by atoms with E-state index in [-0.39, 0.29) is 37.5 Å². The van der Waals surface area contributed by atoms with E-state index in [9.17, 15) is 14.4 Å². The molecule has 0 saturated heterocycles. The Morgan fingerprint density at radius 2 is 0.662 bits per heavy atom. The topological polar surface area (TPSA) is 78.9 Å². The van der Waals surface area contributed by atoms with Crippen molar-refractivity contribution in [2.45, 2.75) is 252 Å². The van der Waals surface area contributed by atoms with Crippen LogP contribution in [0.5, 0.6) is 0 Å². The Morgan fingerprint density at radius 1 is 0.324 bits per heavy atom. The lowest BCUT2D eigenvalue weighted by Crippen LogP contribution is -2.30. The van der Waals surface area contributed by atoms with Crippen molar-refractivity contribution in [1.82, 2.24) is 0 Å². The van der Waals surface area contributed by atoms with Crippen LogP contribution in [0.15, 0.2) is 109 Å². The molecule has 0 aliphatic carbocycles. The van der Waals surface area contributed by atoms with Crippen LogP contribution >= 0.6 is 0 Å². The van der Waals surface area contributed by atoms with Crippen molar-refractivity contribution < 1.29 is 28.6 Å². The Balaban J connectivity index is 4.50. The van der Waals surface area contributed by atoms with E-state index in [0.717, 1.165) is 116 Å². The second kappa shape index (κ2) is 55.7. The monoisotopic (exact) mass is 943 g/mol. The highest BCUT2D eigenvalue weighted by molar-refractivity contribution is 5.71. The molecule has 0 N–H and O–H groups in total. The fourth-order valence-corrected chi connectivity index (χ4v) is 7.46.